The maximum absolute atomic E-state index is 11.8. The van der Waals surface area contributed by atoms with E-state index in [1.54, 1.807) is 16.9 Å². The number of carbonyl (C=O) groups excluding carboxylic acids is 1. The summed E-state index contributed by atoms with van der Waals surface area (Å²) in [6, 6.07) is 1.55. The number of hydrogen-bond acceptors (Lipinski definition) is 5. The highest BCUT2D eigenvalue weighted by Crippen LogP contribution is 2.06. The number of aromatic nitrogens is 3. The lowest BCUT2D eigenvalue weighted by molar-refractivity contribution is -0.137. The van der Waals surface area contributed by atoms with E-state index in [0.717, 1.165) is 5.56 Å². The second-order valence-corrected chi connectivity index (χ2v) is 4.65. The number of hydrogen-bond donors (Lipinski definition) is 2. The third-order valence-electron chi connectivity index (χ3n) is 2.72. The van der Waals surface area contributed by atoms with Gasteiger partial charge in [-0.1, -0.05) is 5.16 Å². The second kappa shape index (κ2) is 6.69. The van der Waals surface area contributed by atoms with E-state index in [4.69, 9.17) is 9.63 Å². The first-order valence-corrected chi connectivity index (χ1v) is 6.49. The number of nitrogens with one attached hydrogen (secondary N) is 1. The molecule has 0 aromatic carbocycles. The van der Waals surface area contributed by atoms with Crippen molar-refractivity contribution in [1.29, 1.82) is 0 Å². The van der Waals surface area contributed by atoms with Gasteiger partial charge in [0.1, 0.15) is 6.54 Å². The second-order valence-electron chi connectivity index (χ2n) is 4.65. The van der Waals surface area contributed by atoms with Crippen molar-refractivity contribution < 1.29 is 19.2 Å². The van der Waals surface area contributed by atoms with Crippen LogP contribution in [0.25, 0.3) is 0 Å². The molecule has 2 rings (SSSR count). The maximum atomic E-state index is 11.8. The fourth-order valence-electron chi connectivity index (χ4n) is 1.74. The van der Waals surface area contributed by atoms with Crippen molar-refractivity contribution in [2.24, 2.45) is 0 Å². The van der Waals surface area contributed by atoms with Crippen LogP contribution in [0.15, 0.2) is 23.0 Å². The molecule has 112 valence electrons. The third-order valence-corrected chi connectivity index (χ3v) is 2.72. The average Bonchev–Trinajstić information content (AvgIpc) is 3.04. The molecule has 0 aliphatic rings. The van der Waals surface area contributed by atoms with Crippen LogP contribution < -0.4 is 5.32 Å². The molecule has 0 saturated carbocycles. The van der Waals surface area contributed by atoms with Crippen molar-refractivity contribution in [3.63, 3.8) is 0 Å². The van der Waals surface area contributed by atoms with Gasteiger partial charge in [-0.2, -0.15) is 5.10 Å². The quantitative estimate of drug-likeness (QED) is 0.731. The van der Waals surface area contributed by atoms with Crippen LogP contribution in [0.4, 0.5) is 0 Å². The van der Waals surface area contributed by atoms with Gasteiger partial charge in [0.25, 0.3) is 5.91 Å². The summed E-state index contributed by atoms with van der Waals surface area (Å²) in [5.41, 5.74) is 1.20. The van der Waals surface area contributed by atoms with E-state index in [9.17, 15) is 9.59 Å². The van der Waals surface area contributed by atoms with Gasteiger partial charge in [-0.15, -0.1) is 0 Å². The van der Waals surface area contributed by atoms with Crippen molar-refractivity contribution in [3.05, 3.63) is 35.5 Å². The first-order valence-electron chi connectivity index (χ1n) is 6.49. The molecule has 0 atom stereocenters. The van der Waals surface area contributed by atoms with Crippen LogP contribution in [0.5, 0.6) is 0 Å². The minimum Gasteiger partial charge on any atom is -0.481 e. The summed E-state index contributed by atoms with van der Waals surface area (Å²) in [5, 5.41) is 18.9. The van der Waals surface area contributed by atoms with Crippen molar-refractivity contribution in [3.8, 4) is 0 Å². The number of carboxylic acid groups (broad SMARTS) is 1. The zero-order chi connectivity index (χ0) is 15.2. The highest BCUT2D eigenvalue weighted by Gasteiger charge is 2.12. The molecule has 0 fully saturated rings. The molecule has 2 N–H and O–H groups in total. The number of carboxylic acids is 1. The van der Waals surface area contributed by atoms with Gasteiger partial charge in [-0.3, -0.25) is 14.3 Å². The van der Waals surface area contributed by atoms with Crippen molar-refractivity contribution in [2.75, 3.05) is 6.54 Å². The fraction of sp³-hybridized carbons (Fsp3) is 0.385. The molecule has 2 heterocycles. The standard InChI is InChI=1S/C13H16N4O4/c1-9-6-15-17(7-9)8-10-5-11(16-21-10)13(20)14-4-2-3-12(18)19/h5-7H,2-4,8H2,1H3,(H,14,20)(H,18,19). The zero-order valence-corrected chi connectivity index (χ0v) is 11.6. The molecule has 0 radical (unpaired) electrons. The smallest absolute Gasteiger partial charge is 0.303 e. The Morgan fingerprint density at radius 3 is 2.95 bits per heavy atom. The summed E-state index contributed by atoms with van der Waals surface area (Å²) in [5.74, 6) is -0.747. The SMILES string of the molecule is Cc1cnn(Cc2cc(C(=O)NCCCC(=O)O)no2)c1. The van der Waals surface area contributed by atoms with E-state index < -0.39 is 5.97 Å². The number of carbonyl (C=O) groups is 2. The molecule has 8 heteroatoms. The predicted octanol–water partition coefficient (Wildman–Crippen LogP) is 0.822. The molecule has 0 saturated heterocycles. The van der Waals surface area contributed by atoms with Crippen LogP contribution in [-0.2, 0) is 11.3 Å². The molecule has 1 amide bonds. The van der Waals surface area contributed by atoms with E-state index >= 15 is 0 Å². The average molecular weight is 292 g/mol. The summed E-state index contributed by atoms with van der Waals surface area (Å²) in [7, 11) is 0. The Morgan fingerprint density at radius 1 is 1.48 bits per heavy atom. The topological polar surface area (TPSA) is 110 Å². The van der Waals surface area contributed by atoms with Gasteiger partial charge in [0, 0.05) is 25.2 Å². The molecule has 2 aromatic heterocycles. The molecule has 0 bridgehead atoms. The largest absolute Gasteiger partial charge is 0.481 e. The molecule has 0 aliphatic heterocycles. The Kier molecular flexibility index (Phi) is 4.70. The van der Waals surface area contributed by atoms with Crippen LogP contribution in [0, 0.1) is 6.92 Å². The number of aryl methyl sites for hydroxylation is 1. The lowest BCUT2D eigenvalue weighted by Gasteiger charge is -2.00. The van der Waals surface area contributed by atoms with Crippen LogP contribution in [0.1, 0.15) is 34.7 Å². The summed E-state index contributed by atoms with van der Waals surface area (Å²) < 4.78 is 6.76. The van der Waals surface area contributed by atoms with Gasteiger partial charge < -0.3 is 14.9 Å². The van der Waals surface area contributed by atoms with Gasteiger partial charge in [0.05, 0.1) is 6.20 Å². The van der Waals surface area contributed by atoms with Crippen LogP contribution in [0.3, 0.4) is 0 Å². The van der Waals surface area contributed by atoms with Gasteiger partial charge in [0.2, 0.25) is 0 Å². The highest BCUT2D eigenvalue weighted by atomic mass is 16.5. The normalized spacial score (nSPS) is 10.5. The Balaban J connectivity index is 1.84. The summed E-state index contributed by atoms with van der Waals surface area (Å²) >= 11 is 0. The Labute approximate surface area is 120 Å². The first-order chi connectivity index (χ1) is 10.0. The lowest BCUT2D eigenvalue weighted by atomic mass is 10.3. The van der Waals surface area contributed by atoms with E-state index in [0.29, 0.717) is 18.7 Å². The van der Waals surface area contributed by atoms with Gasteiger partial charge in [0.15, 0.2) is 11.5 Å². The molecule has 8 nitrogen and oxygen atoms in total. The third kappa shape index (κ3) is 4.44. The van der Waals surface area contributed by atoms with Gasteiger partial charge in [-0.05, 0) is 18.9 Å². The Morgan fingerprint density at radius 2 is 2.29 bits per heavy atom. The predicted molar refractivity (Wildman–Crippen MR) is 71.8 cm³/mol. The van der Waals surface area contributed by atoms with Gasteiger partial charge >= 0.3 is 5.97 Å². The Bertz CT molecular complexity index is 632. The van der Waals surface area contributed by atoms with Crippen molar-refractivity contribution >= 4 is 11.9 Å². The first kappa shape index (κ1) is 14.8. The number of rotatable bonds is 7. The van der Waals surface area contributed by atoms with E-state index in [2.05, 4.69) is 15.6 Å². The van der Waals surface area contributed by atoms with Crippen LogP contribution in [0.2, 0.25) is 0 Å². The van der Waals surface area contributed by atoms with E-state index in [1.165, 1.54) is 0 Å². The lowest BCUT2D eigenvalue weighted by Crippen LogP contribution is -2.25. The minimum absolute atomic E-state index is 0.0169. The fourth-order valence-corrected chi connectivity index (χ4v) is 1.74. The highest BCUT2D eigenvalue weighted by molar-refractivity contribution is 5.92. The number of aliphatic carboxylic acids is 1. The van der Waals surface area contributed by atoms with E-state index in [-0.39, 0.29) is 24.6 Å². The molecular formula is C13H16N4O4. The molecular weight excluding hydrogens is 276 g/mol. The van der Waals surface area contributed by atoms with E-state index in [1.807, 2.05) is 13.1 Å². The van der Waals surface area contributed by atoms with Crippen LogP contribution >= 0.6 is 0 Å². The van der Waals surface area contributed by atoms with Gasteiger partial charge in [-0.25, -0.2) is 0 Å². The summed E-state index contributed by atoms with van der Waals surface area (Å²) in [4.78, 5) is 22.1. The summed E-state index contributed by atoms with van der Waals surface area (Å²) in [6.45, 7) is 2.61. The number of amides is 1. The van der Waals surface area contributed by atoms with Crippen LogP contribution in [-0.4, -0.2) is 38.5 Å². The molecule has 0 unspecified atom stereocenters. The number of nitrogens with zero attached hydrogens (tertiary/aromatic N) is 3. The minimum atomic E-state index is -0.887. The Hall–Kier alpha value is -2.64. The van der Waals surface area contributed by atoms with Crippen molar-refractivity contribution in [2.45, 2.75) is 26.3 Å². The molecule has 0 aliphatic carbocycles. The summed E-state index contributed by atoms with van der Waals surface area (Å²) in [6.07, 6.45) is 3.97. The molecule has 2 aromatic rings. The maximum Gasteiger partial charge on any atom is 0.303 e. The molecule has 0 spiro atoms. The zero-order valence-electron chi connectivity index (χ0n) is 11.6. The van der Waals surface area contributed by atoms with Crippen molar-refractivity contribution in [1.82, 2.24) is 20.3 Å². The monoisotopic (exact) mass is 292 g/mol. The molecule has 21 heavy (non-hydrogen) atoms.